The number of rotatable bonds is 4. The third-order valence-electron chi connectivity index (χ3n) is 2.80. The number of anilines is 1. The van der Waals surface area contributed by atoms with Crippen molar-refractivity contribution in [3.05, 3.63) is 29.8 Å². The van der Waals surface area contributed by atoms with Crippen molar-refractivity contribution in [1.82, 2.24) is 10.6 Å². The first-order valence-corrected chi connectivity index (χ1v) is 7.69. The van der Waals surface area contributed by atoms with Crippen LogP contribution in [0.25, 0.3) is 0 Å². The molecule has 8 heteroatoms. The lowest BCUT2D eigenvalue weighted by Crippen LogP contribution is -2.50. The van der Waals surface area contributed by atoms with Crippen molar-refractivity contribution in [2.75, 3.05) is 5.32 Å². The number of esters is 1. The Hall–Kier alpha value is -2.90. The molecular formula is C17H23N3O5. The summed E-state index contributed by atoms with van der Waals surface area (Å²) in [6.45, 7) is 8.00. The summed E-state index contributed by atoms with van der Waals surface area (Å²) in [5.74, 6) is -1.76. The molecule has 0 aromatic heterocycles. The van der Waals surface area contributed by atoms with Gasteiger partial charge in [-0.25, -0.2) is 9.59 Å². The highest BCUT2D eigenvalue weighted by Gasteiger charge is 2.22. The number of carbonyl (C=O) groups is 4. The van der Waals surface area contributed by atoms with Crippen molar-refractivity contribution < 1.29 is 23.9 Å². The molecule has 0 bridgehead atoms. The molecule has 4 amide bonds. The Morgan fingerprint density at radius 3 is 2.32 bits per heavy atom. The molecule has 1 aromatic carbocycles. The van der Waals surface area contributed by atoms with Gasteiger partial charge in [-0.2, -0.15) is 0 Å². The van der Waals surface area contributed by atoms with Crippen molar-refractivity contribution in [2.45, 2.75) is 46.3 Å². The normalized spacial score (nSPS) is 11.9. The Bertz CT molecular complexity index is 679. The number of amides is 4. The van der Waals surface area contributed by atoms with E-state index in [2.05, 4.69) is 16.0 Å². The molecule has 1 aromatic rings. The lowest BCUT2D eigenvalue weighted by Gasteiger charge is -2.21. The van der Waals surface area contributed by atoms with Crippen LogP contribution < -0.4 is 16.0 Å². The number of hydrogen-bond acceptors (Lipinski definition) is 5. The molecule has 0 spiro atoms. The summed E-state index contributed by atoms with van der Waals surface area (Å²) in [7, 11) is 0. The van der Waals surface area contributed by atoms with Crippen molar-refractivity contribution in [2.24, 2.45) is 0 Å². The fourth-order valence-corrected chi connectivity index (χ4v) is 1.79. The van der Waals surface area contributed by atoms with Crippen LogP contribution in [0.4, 0.5) is 10.5 Å². The second kappa shape index (κ2) is 8.27. The fraction of sp³-hybridized carbons (Fsp3) is 0.412. The molecule has 0 saturated carbocycles. The third kappa shape index (κ3) is 7.47. The predicted octanol–water partition coefficient (Wildman–Crippen LogP) is 1.81. The third-order valence-corrected chi connectivity index (χ3v) is 2.80. The van der Waals surface area contributed by atoms with Crippen LogP contribution in [-0.4, -0.2) is 35.5 Å². The van der Waals surface area contributed by atoms with Crippen LogP contribution in [0.15, 0.2) is 24.3 Å². The number of hydrogen-bond donors (Lipinski definition) is 3. The molecule has 0 saturated heterocycles. The van der Waals surface area contributed by atoms with E-state index in [-0.39, 0.29) is 11.5 Å². The average molecular weight is 349 g/mol. The van der Waals surface area contributed by atoms with Crippen LogP contribution in [0, 0.1) is 0 Å². The topological polar surface area (TPSA) is 114 Å². The lowest BCUT2D eigenvalue weighted by molar-refractivity contribution is -0.128. The SMILES string of the molecule is CC(=O)Nc1cccc(C(=O)OC(C)C(=O)NC(=O)NC(C)(C)C)c1. The highest BCUT2D eigenvalue weighted by atomic mass is 16.5. The van der Waals surface area contributed by atoms with Crippen LogP contribution in [0.5, 0.6) is 0 Å². The maximum Gasteiger partial charge on any atom is 0.338 e. The molecule has 1 atom stereocenters. The van der Waals surface area contributed by atoms with Crippen LogP contribution in [-0.2, 0) is 14.3 Å². The Morgan fingerprint density at radius 1 is 1.12 bits per heavy atom. The van der Waals surface area contributed by atoms with Crippen LogP contribution in [0.3, 0.4) is 0 Å². The highest BCUT2D eigenvalue weighted by molar-refractivity contribution is 5.99. The van der Waals surface area contributed by atoms with E-state index in [1.54, 1.807) is 32.9 Å². The standard InChI is InChI=1S/C17H23N3O5/c1-10(14(22)19-16(24)20-17(3,4)5)25-15(23)12-7-6-8-13(9-12)18-11(2)21/h6-10H,1-5H3,(H,18,21)(H2,19,20,22,24). The summed E-state index contributed by atoms with van der Waals surface area (Å²) in [5.41, 5.74) is 0.0997. The molecule has 1 rings (SSSR count). The second-order valence-electron chi connectivity index (χ2n) is 6.50. The summed E-state index contributed by atoms with van der Waals surface area (Å²) in [4.78, 5) is 46.7. The summed E-state index contributed by atoms with van der Waals surface area (Å²) >= 11 is 0. The molecule has 8 nitrogen and oxygen atoms in total. The van der Waals surface area contributed by atoms with E-state index in [1.165, 1.54) is 26.0 Å². The van der Waals surface area contributed by atoms with Gasteiger partial charge in [0.1, 0.15) is 0 Å². The van der Waals surface area contributed by atoms with Crippen molar-refractivity contribution in [3.63, 3.8) is 0 Å². The number of carbonyl (C=O) groups excluding carboxylic acids is 4. The van der Waals surface area contributed by atoms with Gasteiger partial charge in [-0.15, -0.1) is 0 Å². The smallest absolute Gasteiger partial charge is 0.338 e. The van der Waals surface area contributed by atoms with Gasteiger partial charge >= 0.3 is 12.0 Å². The van der Waals surface area contributed by atoms with Gasteiger partial charge < -0.3 is 15.4 Å². The zero-order chi connectivity index (χ0) is 19.2. The maximum atomic E-state index is 12.1. The van der Waals surface area contributed by atoms with Gasteiger partial charge in [0.15, 0.2) is 6.10 Å². The molecule has 0 aliphatic heterocycles. The summed E-state index contributed by atoms with van der Waals surface area (Å²) in [5, 5.41) is 7.22. The lowest BCUT2D eigenvalue weighted by atomic mass is 10.1. The van der Waals surface area contributed by atoms with Crippen LogP contribution in [0.2, 0.25) is 0 Å². The first kappa shape index (κ1) is 20.1. The first-order valence-electron chi connectivity index (χ1n) is 7.69. The zero-order valence-electron chi connectivity index (χ0n) is 14.9. The molecule has 25 heavy (non-hydrogen) atoms. The van der Waals surface area contributed by atoms with Crippen molar-refractivity contribution in [1.29, 1.82) is 0 Å². The van der Waals surface area contributed by atoms with Gasteiger partial charge in [0, 0.05) is 18.2 Å². The largest absolute Gasteiger partial charge is 0.449 e. The van der Waals surface area contributed by atoms with Crippen LogP contribution in [0.1, 0.15) is 45.0 Å². The van der Waals surface area contributed by atoms with Gasteiger partial charge in [0.05, 0.1) is 5.56 Å². The number of ether oxygens (including phenoxy) is 1. The molecule has 0 fully saturated rings. The Kier molecular flexibility index (Phi) is 6.67. The summed E-state index contributed by atoms with van der Waals surface area (Å²) in [6, 6.07) is 5.44. The van der Waals surface area contributed by atoms with E-state index in [9.17, 15) is 19.2 Å². The summed E-state index contributed by atoms with van der Waals surface area (Å²) < 4.78 is 5.05. The molecule has 0 aliphatic carbocycles. The fourth-order valence-electron chi connectivity index (χ4n) is 1.79. The monoisotopic (exact) mass is 349 g/mol. The van der Waals surface area contributed by atoms with Crippen molar-refractivity contribution >= 4 is 29.5 Å². The molecule has 136 valence electrons. The number of benzene rings is 1. The molecule has 3 N–H and O–H groups in total. The summed E-state index contributed by atoms with van der Waals surface area (Å²) in [6.07, 6.45) is -1.16. The maximum absolute atomic E-state index is 12.1. The molecule has 0 radical (unpaired) electrons. The Morgan fingerprint density at radius 2 is 1.76 bits per heavy atom. The first-order chi connectivity index (χ1) is 11.5. The molecular weight excluding hydrogens is 326 g/mol. The molecule has 0 heterocycles. The van der Waals surface area contributed by atoms with E-state index >= 15 is 0 Å². The zero-order valence-corrected chi connectivity index (χ0v) is 14.9. The quantitative estimate of drug-likeness (QED) is 0.718. The average Bonchev–Trinajstić information content (AvgIpc) is 2.44. The van der Waals surface area contributed by atoms with Crippen molar-refractivity contribution in [3.8, 4) is 0 Å². The molecule has 0 aliphatic rings. The Labute approximate surface area is 146 Å². The minimum atomic E-state index is -1.16. The van der Waals surface area contributed by atoms with E-state index in [1.807, 2.05) is 0 Å². The van der Waals surface area contributed by atoms with Gasteiger partial charge in [0.25, 0.3) is 5.91 Å². The predicted molar refractivity (Wildman–Crippen MR) is 92.1 cm³/mol. The second-order valence-corrected chi connectivity index (χ2v) is 6.50. The number of imide groups is 1. The van der Waals surface area contributed by atoms with E-state index in [0.29, 0.717) is 5.69 Å². The van der Waals surface area contributed by atoms with Crippen LogP contribution >= 0.6 is 0 Å². The number of urea groups is 1. The van der Waals surface area contributed by atoms with Gasteiger partial charge in [0.2, 0.25) is 5.91 Å². The van der Waals surface area contributed by atoms with E-state index in [0.717, 1.165) is 0 Å². The van der Waals surface area contributed by atoms with E-state index in [4.69, 9.17) is 4.74 Å². The highest BCUT2D eigenvalue weighted by Crippen LogP contribution is 2.12. The minimum Gasteiger partial charge on any atom is -0.449 e. The van der Waals surface area contributed by atoms with Gasteiger partial charge in [-0.1, -0.05) is 6.07 Å². The minimum absolute atomic E-state index is 0.171. The Balaban J connectivity index is 2.65. The van der Waals surface area contributed by atoms with E-state index < -0.39 is 29.6 Å². The van der Waals surface area contributed by atoms with Gasteiger partial charge in [-0.3, -0.25) is 14.9 Å². The molecule has 1 unspecified atom stereocenters. The number of nitrogens with one attached hydrogen (secondary N) is 3. The van der Waals surface area contributed by atoms with Gasteiger partial charge in [-0.05, 0) is 45.9 Å².